The molecule has 0 radical (unpaired) electrons. The SMILES string of the molecule is C=CCn1c(SCC(=O)N2CCN(C)CC2)nnc1-c1ccccc1OC. The third-order valence-corrected chi connectivity index (χ3v) is 5.51. The summed E-state index contributed by atoms with van der Waals surface area (Å²) in [5, 5.41) is 9.36. The predicted octanol–water partition coefficient (Wildman–Crippen LogP) is 2.01. The summed E-state index contributed by atoms with van der Waals surface area (Å²) in [6, 6.07) is 7.70. The average molecular weight is 388 g/mol. The van der Waals surface area contributed by atoms with E-state index in [-0.39, 0.29) is 5.91 Å². The van der Waals surface area contributed by atoms with Crippen molar-refractivity contribution in [3.05, 3.63) is 36.9 Å². The number of para-hydroxylation sites is 1. The van der Waals surface area contributed by atoms with Crippen molar-refractivity contribution in [1.29, 1.82) is 0 Å². The van der Waals surface area contributed by atoms with Crippen LogP contribution in [0.2, 0.25) is 0 Å². The molecule has 3 rings (SSSR count). The van der Waals surface area contributed by atoms with Gasteiger partial charge in [-0.2, -0.15) is 0 Å². The lowest BCUT2D eigenvalue weighted by molar-refractivity contribution is -0.129. The number of allylic oxidation sites excluding steroid dienone is 1. The van der Waals surface area contributed by atoms with E-state index in [0.717, 1.165) is 37.5 Å². The van der Waals surface area contributed by atoms with E-state index < -0.39 is 0 Å². The molecule has 27 heavy (non-hydrogen) atoms. The zero-order valence-corrected chi connectivity index (χ0v) is 16.6. The largest absolute Gasteiger partial charge is 0.496 e. The molecule has 0 atom stereocenters. The van der Waals surface area contributed by atoms with Crippen LogP contribution in [-0.2, 0) is 11.3 Å². The third-order valence-electron chi connectivity index (χ3n) is 4.56. The van der Waals surface area contributed by atoms with Crippen LogP contribution in [0, 0.1) is 0 Å². The van der Waals surface area contributed by atoms with Crippen molar-refractivity contribution in [2.45, 2.75) is 11.7 Å². The normalized spacial score (nSPS) is 15.0. The maximum absolute atomic E-state index is 12.5. The fraction of sp³-hybridized carbons (Fsp3) is 0.421. The minimum absolute atomic E-state index is 0.139. The van der Waals surface area contributed by atoms with Crippen LogP contribution >= 0.6 is 11.8 Å². The lowest BCUT2D eigenvalue weighted by Crippen LogP contribution is -2.47. The van der Waals surface area contributed by atoms with Crippen LogP contribution in [0.1, 0.15) is 0 Å². The van der Waals surface area contributed by atoms with Gasteiger partial charge in [-0.25, -0.2) is 0 Å². The minimum atomic E-state index is 0.139. The minimum Gasteiger partial charge on any atom is -0.496 e. The standard InChI is InChI=1S/C19H25N5O2S/c1-4-9-24-18(15-7-5-6-8-16(15)26-3)20-21-19(24)27-14-17(25)23-12-10-22(2)11-13-23/h4-8H,1,9-14H2,2-3H3. The lowest BCUT2D eigenvalue weighted by atomic mass is 10.2. The number of hydrogen-bond acceptors (Lipinski definition) is 6. The van der Waals surface area contributed by atoms with Gasteiger partial charge in [0.05, 0.1) is 18.4 Å². The van der Waals surface area contributed by atoms with Crippen LogP contribution in [0.5, 0.6) is 5.75 Å². The maximum atomic E-state index is 12.5. The van der Waals surface area contributed by atoms with Crippen LogP contribution in [-0.4, -0.2) is 76.6 Å². The fourth-order valence-electron chi connectivity index (χ4n) is 2.99. The van der Waals surface area contributed by atoms with Crippen molar-refractivity contribution in [2.75, 3.05) is 46.1 Å². The molecular weight excluding hydrogens is 362 g/mol. The molecule has 1 amide bonds. The van der Waals surface area contributed by atoms with E-state index in [2.05, 4.69) is 28.7 Å². The number of benzene rings is 1. The van der Waals surface area contributed by atoms with Gasteiger partial charge in [0.2, 0.25) is 5.91 Å². The number of nitrogens with zero attached hydrogens (tertiary/aromatic N) is 5. The van der Waals surface area contributed by atoms with Gasteiger partial charge >= 0.3 is 0 Å². The highest BCUT2D eigenvalue weighted by atomic mass is 32.2. The van der Waals surface area contributed by atoms with Gasteiger partial charge < -0.3 is 14.5 Å². The third kappa shape index (κ3) is 4.51. The van der Waals surface area contributed by atoms with Gasteiger partial charge in [0, 0.05) is 32.7 Å². The molecule has 1 aromatic carbocycles. The Hall–Kier alpha value is -2.32. The molecule has 1 fully saturated rings. The molecule has 0 aliphatic carbocycles. The number of likely N-dealkylation sites (N-methyl/N-ethyl adjacent to an activating group) is 1. The summed E-state index contributed by atoms with van der Waals surface area (Å²) in [5.74, 6) is 1.94. The molecule has 0 spiro atoms. The number of carbonyl (C=O) groups is 1. The predicted molar refractivity (Wildman–Crippen MR) is 107 cm³/mol. The van der Waals surface area contributed by atoms with Gasteiger partial charge in [-0.3, -0.25) is 9.36 Å². The van der Waals surface area contributed by atoms with E-state index >= 15 is 0 Å². The number of ether oxygens (including phenoxy) is 1. The second kappa shape index (κ2) is 9.05. The summed E-state index contributed by atoms with van der Waals surface area (Å²) >= 11 is 1.41. The smallest absolute Gasteiger partial charge is 0.233 e. The number of rotatable bonds is 7. The molecule has 0 unspecified atom stereocenters. The Morgan fingerprint density at radius 1 is 1.26 bits per heavy atom. The first kappa shape index (κ1) is 19.4. The first-order valence-electron chi connectivity index (χ1n) is 8.90. The molecule has 1 saturated heterocycles. The summed E-state index contributed by atoms with van der Waals surface area (Å²) in [6.45, 7) is 7.79. The summed E-state index contributed by atoms with van der Waals surface area (Å²) in [7, 11) is 3.71. The Bertz CT molecular complexity index is 799. The van der Waals surface area contributed by atoms with Gasteiger partial charge in [-0.05, 0) is 19.2 Å². The van der Waals surface area contributed by atoms with E-state index in [4.69, 9.17) is 4.74 Å². The van der Waals surface area contributed by atoms with Gasteiger partial charge in [-0.15, -0.1) is 16.8 Å². The second-order valence-corrected chi connectivity index (χ2v) is 7.32. The summed E-state index contributed by atoms with van der Waals surface area (Å²) in [5.41, 5.74) is 0.867. The number of methoxy groups -OCH3 is 1. The molecule has 1 aliphatic rings. The van der Waals surface area contributed by atoms with Crippen LogP contribution < -0.4 is 4.74 Å². The second-order valence-electron chi connectivity index (χ2n) is 6.38. The molecule has 144 valence electrons. The number of aromatic nitrogens is 3. The van der Waals surface area contributed by atoms with Crippen molar-refractivity contribution in [3.63, 3.8) is 0 Å². The van der Waals surface area contributed by atoms with Crippen molar-refractivity contribution < 1.29 is 9.53 Å². The Balaban J connectivity index is 1.75. The molecule has 2 heterocycles. The van der Waals surface area contributed by atoms with Crippen molar-refractivity contribution in [3.8, 4) is 17.1 Å². The Labute approximate surface area is 164 Å². The molecule has 7 nitrogen and oxygen atoms in total. The molecule has 0 saturated carbocycles. The van der Waals surface area contributed by atoms with Gasteiger partial charge in [0.1, 0.15) is 5.75 Å². The van der Waals surface area contributed by atoms with Crippen molar-refractivity contribution in [1.82, 2.24) is 24.6 Å². The number of carbonyl (C=O) groups excluding carboxylic acids is 1. The Kier molecular flexibility index (Phi) is 6.52. The lowest BCUT2D eigenvalue weighted by Gasteiger charge is -2.32. The summed E-state index contributed by atoms with van der Waals surface area (Å²) in [4.78, 5) is 16.7. The van der Waals surface area contributed by atoms with Crippen molar-refractivity contribution >= 4 is 17.7 Å². The molecule has 8 heteroatoms. The van der Waals surface area contributed by atoms with Gasteiger partial charge in [-0.1, -0.05) is 30.0 Å². The fourth-order valence-corrected chi connectivity index (χ4v) is 3.84. The van der Waals surface area contributed by atoms with Gasteiger partial charge in [0.25, 0.3) is 0 Å². The molecule has 2 aromatic rings. The first-order valence-corrected chi connectivity index (χ1v) is 9.89. The highest BCUT2D eigenvalue weighted by Gasteiger charge is 2.21. The zero-order chi connectivity index (χ0) is 19.2. The maximum Gasteiger partial charge on any atom is 0.233 e. The van der Waals surface area contributed by atoms with Crippen LogP contribution in [0.15, 0.2) is 42.1 Å². The molecule has 1 aromatic heterocycles. The number of piperazine rings is 1. The Morgan fingerprint density at radius 3 is 2.70 bits per heavy atom. The number of hydrogen-bond donors (Lipinski definition) is 0. The summed E-state index contributed by atoms with van der Waals surface area (Å²) in [6.07, 6.45) is 1.80. The topological polar surface area (TPSA) is 63.5 Å². The van der Waals surface area contributed by atoms with Crippen LogP contribution in [0.3, 0.4) is 0 Å². The molecular formula is C19H25N5O2S. The van der Waals surface area contributed by atoms with Crippen LogP contribution in [0.4, 0.5) is 0 Å². The van der Waals surface area contributed by atoms with E-state index in [9.17, 15) is 4.79 Å². The van der Waals surface area contributed by atoms with Gasteiger partial charge in [0.15, 0.2) is 11.0 Å². The molecule has 1 aliphatic heterocycles. The van der Waals surface area contributed by atoms with E-state index in [1.807, 2.05) is 33.7 Å². The zero-order valence-electron chi connectivity index (χ0n) is 15.8. The summed E-state index contributed by atoms with van der Waals surface area (Å²) < 4.78 is 7.41. The Morgan fingerprint density at radius 2 is 2.00 bits per heavy atom. The van der Waals surface area contributed by atoms with E-state index in [1.165, 1.54) is 11.8 Å². The average Bonchev–Trinajstić information content (AvgIpc) is 3.09. The van der Waals surface area contributed by atoms with E-state index in [1.54, 1.807) is 13.2 Å². The molecule has 0 bridgehead atoms. The monoisotopic (exact) mass is 387 g/mol. The number of amides is 1. The highest BCUT2D eigenvalue weighted by Crippen LogP contribution is 2.31. The first-order chi connectivity index (χ1) is 13.1. The number of thioether (sulfide) groups is 1. The van der Waals surface area contributed by atoms with E-state index in [0.29, 0.717) is 23.3 Å². The quantitative estimate of drug-likeness (QED) is 0.535. The molecule has 0 N–H and O–H groups in total. The van der Waals surface area contributed by atoms with Crippen molar-refractivity contribution in [2.24, 2.45) is 0 Å². The highest BCUT2D eigenvalue weighted by molar-refractivity contribution is 7.99. The van der Waals surface area contributed by atoms with Crippen LogP contribution in [0.25, 0.3) is 11.4 Å².